The van der Waals surface area contributed by atoms with Gasteiger partial charge in [-0.1, -0.05) is 38.3 Å². The third-order valence-corrected chi connectivity index (χ3v) is 2.92. The summed E-state index contributed by atoms with van der Waals surface area (Å²) in [5, 5.41) is 8.89. The highest BCUT2D eigenvalue weighted by Gasteiger charge is 2.02. The number of benzene rings is 1. The van der Waals surface area contributed by atoms with Gasteiger partial charge in [-0.05, 0) is 30.5 Å². The van der Waals surface area contributed by atoms with Gasteiger partial charge in [-0.3, -0.25) is 0 Å². The van der Waals surface area contributed by atoms with Crippen molar-refractivity contribution in [1.82, 2.24) is 0 Å². The molecule has 1 aromatic carbocycles. The molecule has 0 saturated heterocycles. The molecule has 3 nitrogen and oxygen atoms in total. The van der Waals surface area contributed by atoms with Gasteiger partial charge in [-0.15, -0.1) is 0 Å². The lowest BCUT2D eigenvalue weighted by molar-refractivity contribution is 0.265. The van der Waals surface area contributed by atoms with E-state index in [4.69, 9.17) is 15.6 Å². The average molecular weight is 251 g/mol. The van der Waals surface area contributed by atoms with Crippen LogP contribution in [0.25, 0.3) is 0 Å². The summed E-state index contributed by atoms with van der Waals surface area (Å²) in [5.74, 6) is 0.910. The predicted molar refractivity (Wildman–Crippen MR) is 74.8 cm³/mol. The Balaban J connectivity index is 2.27. The van der Waals surface area contributed by atoms with Gasteiger partial charge in [0, 0.05) is 6.04 Å². The van der Waals surface area contributed by atoms with Crippen molar-refractivity contribution in [2.24, 2.45) is 5.73 Å². The zero-order valence-corrected chi connectivity index (χ0v) is 11.3. The number of hydrogen-bond acceptors (Lipinski definition) is 3. The van der Waals surface area contributed by atoms with E-state index in [0.717, 1.165) is 24.3 Å². The summed E-state index contributed by atoms with van der Waals surface area (Å²) in [4.78, 5) is 0. The van der Waals surface area contributed by atoms with Crippen LogP contribution < -0.4 is 10.5 Å². The molecule has 0 aliphatic carbocycles. The quantitative estimate of drug-likeness (QED) is 0.663. The minimum atomic E-state index is -0.175. The van der Waals surface area contributed by atoms with Crippen LogP contribution in [0.3, 0.4) is 0 Å². The summed E-state index contributed by atoms with van der Waals surface area (Å²) in [7, 11) is 0. The fourth-order valence-electron chi connectivity index (χ4n) is 1.81. The monoisotopic (exact) mass is 251 g/mol. The number of aliphatic hydroxyl groups excluding tert-OH is 1. The van der Waals surface area contributed by atoms with Gasteiger partial charge in [0.25, 0.3) is 0 Å². The molecule has 0 aromatic heterocycles. The maximum Gasteiger partial charge on any atom is 0.119 e. The predicted octanol–water partition coefficient (Wildman–Crippen LogP) is 2.51. The van der Waals surface area contributed by atoms with Gasteiger partial charge in [-0.25, -0.2) is 0 Å². The van der Waals surface area contributed by atoms with Gasteiger partial charge in [-0.2, -0.15) is 0 Å². The maximum absolute atomic E-state index is 8.89. The molecule has 18 heavy (non-hydrogen) atoms. The molecule has 1 aromatic rings. The van der Waals surface area contributed by atoms with Crippen LogP contribution in [0.5, 0.6) is 5.75 Å². The van der Waals surface area contributed by atoms with Crippen molar-refractivity contribution in [3.8, 4) is 5.75 Å². The number of aliphatic hydroxyl groups is 1. The highest BCUT2D eigenvalue weighted by molar-refractivity contribution is 5.27. The fraction of sp³-hybridized carbons (Fsp3) is 0.600. The van der Waals surface area contributed by atoms with Gasteiger partial charge in [0.05, 0.1) is 13.2 Å². The van der Waals surface area contributed by atoms with Crippen molar-refractivity contribution in [1.29, 1.82) is 0 Å². The van der Waals surface area contributed by atoms with Crippen molar-refractivity contribution in [2.75, 3.05) is 13.2 Å². The van der Waals surface area contributed by atoms with Crippen molar-refractivity contribution in [2.45, 2.75) is 45.1 Å². The van der Waals surface area contributed by atoms with E-state index in [2.05, 4.69) is 6.92 Å². The zero-order valence-electron chi connectivity index (χ0n) is 11.3. The Morgan fingerprint density at radius 3 is 2.50 bits per heavy atom. The Morgan fingerprint density at radius 1 is 1.17 bits per heavy atom. The standard InChI is InChI=1S/C15H25NO2/c1-2-3-4-5-10-18-15-8-6-13(7-9-15)11-14(16)12-17/h6-9,14,17H,2-5,10-12,16H2,1H3. The first kappa shape index (κ1) is 15.0. The van der Waals surface area contributed by atoms with E-state index in [1.165, 1.54) is 19.3 Å². The van der Waals surface area contributed by atoms with Crippen LogP contribution in [0.4, 0.5) is 0 Å². The van der Waals surface area contributed by atoms with Gasteiger partial charge in [0.1, 0.15) is 5.75 Å². The number of rotatable bonds is 9. The Morgan fingerprint density at radius 2 is 1.89 bits per heavy atom. The second-order valence-corrected chi connectivity index (χ2v) is 4.70. The third kappa shape index (κ3) is 6.03. The lowest BCUT2D eigenvalue weighted by Gasteiger charge is -2.09. The van der Waals surface area contributed by atoms with E-state index >= 15 is 0 Å². The molecule has 1 unspecified atom stereocenters. The van der Waals surface area contributed by atoms with Crippen molar-refractivity contribution >= 4 is 0 Å². The lowest BCUT2D eigenvalue weighted by atomic mass is 10.1. The highest BCUT2D eigenvalue weighted by atomic mass is 16.5. The molecule has 0 aliphatic rings. The smallest absolute Gasteiger partial charge is 0.119 e. The Labute approximate surface area is 110 Å². The Bertz CT molecular complexity index is 311. The molecule has 1 rings (SSSR count). The van der Waals surface area contributed by atoms with Crippen LogP contribution >= 0.6 is 0 Å². The van der Waals surface area contributed by atoms with Gasteiger partial charge in [0.15, 0.2) is 0 Å². The van der Waals surface area contributed by atoms with Crippen LogP contribution in [-0.4, -0.2) is 24.4 Å². The first-order valence-corrected chi connectivity index (χ1v) is 6.84. The summed E-state index contributed by atoms with van der Waals surface area (Å²) in [5.41, 5.74) is 6.82. The molecule has 0 fully saturated rings. The molecule has 0 heterocycles. The molecule has 102 valence electrons. The van der Waals surface area contributed by atoms with E-state index in [1.807, 2.05) is 24.3 Å². The summed E-state index contributed by atoms with van der Waals surface area (Å²) < 4.78 is 5.66. The number of nitrogens with two attached hydrogens (primary N) is 1. The van der Waals surface area contributed by atoms with Crippen LogP contribution in [0.1, 0.15) is 38.2 Å². The van der Waals surface area contributed by atoms with E-state index in [0.29, 0.717) is 6.42 Å². The second kappa shape index (κ2) is 8.95. The molecule has 0 saturated carbocycles. The number of ether oxygens (including phenoxy) is 1. The topological polar surface area (TPSA) is 55.5 Å². The Hall–Kier alpha value is -1.06. The maximum atomic E-state index is 8.89. The first-order valence-electron chi connectivity index (χ1n) is 6.84. The molecule has 0 spiro atoms. The number of unbranched alkanes of at least 4 members (excludes halogenated alkanes) is 3. The van der Waals surface area contributed by atoms with Gasteiger partial charge < -0.3 is 15.6 Å². The van der Waals surface area contributed by atoms with Gasteiger partial charge in [0.2, 0.25) is 0 Å². The van der Waals surface area contributed by atoms with Gasteiger partial charge >= 0.3 is 0 Å². The van der Waals surface area contributed by atoms with Crippen molar-refractivity contribution in [3.63, 3.8) is 0 Å². The molecule has 0 amide bonds. The van der Waals surface area contributed by atoms with Crippen LogP contribution in [0.15, 0.2) is 24.3 Å². The molecular formula is C15H25NO2. The Kier molecular flexibility index (Phi) is 7.46. The molecule has 3 heteroatoms. The molecule has 0 bridgehead atoms. The van der Waals surface area contributed by atoms with E-state index in [-0.39, 0.29) is 12.6 Å². The molecular weight excluding hydrogens is 226 g/mol. The molecule has 0 aliphatic heterocycles. The van der Waals surface area contributed by atoms with Crippen LogP contribution in [0.2, 0.25) is 0 Å². The number of hydrogen-bond donors (Lipinski definition) is 2. The summed E-state index contributed by atoms with van der Waals surface area (Å²) >= 11 is 0. The zero-order chi connectivity index (χ0) is 13.2. The minimum absolute atomic E-state index is 0.0235. The third-order valence-electron chi connectivity index (χ3n) is 2.92. The van der Waals surface area contributed by atoms with E-state index < -0.39 is 0 Å². The lowest BCUT2D eigenvalue weighted by Crippen LogP contribution is -2.26. The average Bonchev–Trinajstić information content (AvgIpc) is 2.40. The van der Waals surface area contributed by atoms with Crippen molar-refractivity contribution in [3.05, 3.63) is 29.8 Å². The summed E-state index contributed by atoms with van der Waals surface area (Å²) in [6, 6.07) is 7.79. The van der Waals surface area contributed by atoms with E-state index in [9.17, 15) is 0 Å². The SMILES string of the molecule is CCCCCCOc1ccc(CC(N)CO)cc1. The normalized spacial score (nSPS) is 12.4. The second-order valence-electron chi connectivity index (χ2n) is 4.70. The van der Waals surface area contributed by atoms with Crippen molar-refractivity contribution < 1.29 is 9.84 Å². The molecule has 3 N–H and O–H groups in total. The molecule has 0 radical (unpaired) electrons. The van der Waals surface area contributed by atoms with Crippen LogP contribution in [-0.2, 0) is 6.42 Å². The summed E-state index contributed by atoms with van der Waals surface area (Å²) in [6.07, 6.45) is 5.58. The fourth-order valence-corrected chi connectivity index (χ4v) is 1.81. The summed E-state index contributed by atoms with van der Waals surface area (Å²) in [6.45, 7) is 3.02. The molecule has 1 atom stereocenters. The highest BCUT2D eigenvalue weighted by Crippen LogP contribution is 2.14. The minimum Gasteiger partial charge on any atom is -0.494 e. The van der Waals surface area contributed by atoms with E-state index in [1.54, 1.807) is 0 Å². The first-order chi connectivity index (χ1) is 8.76. The van der Waals surface area contributed by atoms with Crippen LogP contribution in [0, 0.1) is 0 Å². The largest absolute Gasteiger partial charge is 0.494 e.